The van der Waals surface area contributed by atoms with Gasteiger partial charge < -0.3 is 14.6 Å². The average Bonchev–Trinajstić information content (AvgIpc) is 2.49. The number of rotatable bonds is 11. The van der Waals surface area contributed by atoms with Crippen LogP contribution in [0.5, 0.6) is 0 Å². The molecule has 0 rings (SSSR count). The molecule has 0 saturated heterocycles. The summed E-state index contributed by atoms with van der Waals surface area (Å²) in [4.78, 5) is 23.7. The minimum Gasteiger partial charge on any atom is -0.466 e. The Labute approximate surface area is 134 Å². The van der Waals surface area contributed by atoms with E-state index in [0.29, 0.717) is 6.42 Å². The lowest BCUT2D eigenvalue weighted by Crippen LogP contribution is -2.37. The molecule has 0 radical (unpaired) electrons. The topological polar surface area (TPSA) is 72.8 Å². The Kier molecular flexibility index (Phi) is 10.9. The zero-order valence-electron chi connectivity index (χ0n) is 14.6. The number of aliphatic hydroxyl groups excluding tert-OH is 1. The molecule has 22 heavy (non-hydrogen) atoms. The molecule has 5 heteroatoms. The molecule has 0 bridgehead atoms. The van der Waals surface area contributed by atoms with Crippen LogP contribution in [0.1, 0.15) is 66.2 Å². The average molecular weight is 316 g/mol. The smallest absolute Gasteiger partial charge is 0.347 e. The van der Waals surface area contributed by atoms with Gasteiger partial charge in [0.2, 0.25) is 6.10 Å². The molecular formula is C17H32O5. The highest BCUT2D eigenvalue weighted by Gasteiger charge is 2.31. The Balaban J connectivity index is 4.30. The lowest BCUT2D eigenvalue weighted by Gasteiger charge is -2.23. The summed E-state index contributed by atoms with van der Waals surface area (Å²) in [6.45, 7) is 7.35. The van der Waals surface area contributed by atoms with Crippen molar-refractivity contribution in [1.29, 1.82) is 0 Å². The number of unbranched alkanes of at least 4 members (excludes halogenated alkanes) is 4. The first-order valence-electron chi connectivity index (χ1n) is 8.31. The molecular weight excluding hydrogens is 284 g/mol. The van der Waals surface area contributed by atoms with Crippen LogP contribution in [0, 0.1) is 11.8 Å². The molecule has 130 valence electrons. The molecule has 0 aromatic rings. The van der Waals surface area contributed by atoms with Crippen molar-refractivity contribution in [2.75, 3.05) is 7.11 Å². The zero-order valence-corrected chi connectivity index (χ0v) is 14.6. The second kappa shape index (κ2) is 11.5. The Hall–Kier alpha value is -1.10. The fourth-order valence-corrected chi connectivity index (χ4v) is 2.17. The molecule has 0 amide bonds. The van der Waals surface area contributed by atoms with Gasteiger partial charge in [-0.3, -0.25) is 4.79 Å². The fraction of sp³-hybridized carbons (Fsp3) is 0.882. The van der Waals surface area contributed by atoms with Gasteiger partial charge in [0, 0.05) is 5.92 Å². The van der Waals surface area contributed by atoms with Gasteiger partial charge in [-0.1, -0.05) is 52.9 Å². The predicted molar refractivity (Wildman–Crippen MR) is 85.3 cm³/mol. The van der Waals surface area contributed by atoms with Crippen molar-refractivity contribution >= 4 is 11.9 Å². The van der Waals surface area contributed by atoms with Crippen LogP contribution in [0.25, 0.3) is 0 Å². The lowest BCUT2D eigenvalue weighted by molar-refractivity contribution is -0.173. The Morgan fingerprint density at radius 3 is 2.09 bits per heavy atom. The molecule has 0 fully saturated rings. The SMILES string of the molecule is CCCCCCC[C@@H](O)[C@H](C)C(=O)O[C@H](C(=O)OC)C(C)C. The summed E-state index contributed by atoms with van der Waals surface area (Å²) in [5.74, 6) is -1.93. The maximum absolute atomic E-state index is 12.1. The first kappa shape index (κ1) is 20.9. The highest BCUT2D eigenvalue weighted by Crippen LogP contribution is 2.17. The van der Waals surface area contributed by atoms with Crippen molar-refractivity contribution in [3.05, 3.63) is 0 Å². The number of ether oxygens (including phenoxy) is 2. The number of carbonyl (C=O) groups is 2. The van der Waals surface area contributed by atoms with E-state index in [9.17, 15) is 14.7 Å². The third-order valence-electron chi connectivity index (χ3n) is 3.83. The van der Waals surface area contributed by atoms with Crippen LogP contribution in [0.2, 0.25) is 0 Å². The van der Waals surface area contributed by atoms with E-state index in [-0.39, 0.29) is 5.92 Å². The molecule has 0 aliphatic rings. The molecule has 0 heterocycles. The summed E-state index contributed by atoms with van der Waals surface area (Å²) in [7, 11) is 1.26. The van der Waals surface area contributed by atoms with Crippen LogP contribution in [-0.4, -0.2) is 36.4 Å². The summed E-state index contributed by atoms with van der Waals surface area (Å²) < 4.78 is 9.86. The molecule has 3 atom stereocenters. The van der Waals surface area contributed by atoms with Gasteiger partial charge in [-0.25, -0.2) is 4.79 Å². The van der Waals surface area contributed by atoms with Gasteiger partial charge in [0.05, 0.1) is 19.1 Å². The van der Waals surface area contributed by atoms with Gasteiger partial charge in [-0.2, -0.15) is 0 Å². The van der Waals surface area contributed by atoms with E-state index in [1.807, 2.05) is 0 Å². The van der Waals surface area contributed by atoms with Crippen LogP contribution < -0.4 is 0 Å². The van der Waals surface area contributed by atoms with Gasteiger partial charge in [-0.15, -0.1) is 0 Å². The second-order valence-corrected chi connectivity index (χ2v) is 6.18. The van der Waals surface area contributed by atoms with Crippen LogP contribution in [0.15, 0.2) is 0 Å². The summed E-state index contributed by atoms with van der Waals surface area (Å²) in [5.41, 5.74) is 0. The number of esters is 2. The first-order chi connectivity index (χ1) is 10.3. The Morgan fingerprint density at radius 1 is 1.00 bits per heavy atom. The van der Waals surface area contributed by atoms with Gasteiger partial charge in [0.15, 0.2) is 0 Å². The summed E-state index contributed by atoms with van der Waals surface area (Å²) >= 11 is 0. The first-order valence-corrected chi connectivity index (χ1v) is 8.31. The Bertz CT molecular complexity index is 327. The number of methoxy groups -OCH3 is 1. The summed E-state index contributed by atoms with van der Waals surface area (Å²) in [6.07, 6.45) is 4.39. The minimum absolute atomic E-state index is 0.171. The maximum Gasteiger partial charge on any atom is 0.347 e. The molecule has 5 nitrogen and oxygen atoms in total. The summed E-state index contributed by atoms with van der Waals surface area (Å²) in [6, 6.07) is 0. The van der Waals surface area contributed by atoms with E-state index in [0.717, 1.165) is 19.3 Å². The third kappa shape index (κ3) is 7.78. The maximum atomic E-state index is 12.1. The molecule has 0 aliphatic heterocycles. The van der Waals surface area contributed by atoms with Gasteiger partial charge in [0.25, 0.3) is 0 Å². The molecule has 1 N–H and O–H groups in total. The van der Waals surface area contributed by atoms with Crippen LogP contribution in [-0.2, 0) is 19.1 Å². The van der Waals surface area contributed by atoms with Crippen molar-refractivity contribution in [3.63, 3.8) is 0 Å². The van der Waals surface area contributed by atoms with Gasteiger partial charge >= 0.3 is 11.9 Å². The van der Waals surface area contributed by atoms with Gasteiger partial charge in [0.1, 0.15) is 0 Å². The normalized spacial score (nSPS) is 15.2. The van der Waals surface area contributed by atoms with Crippen LogP contribution >= 0.6 is 0 Å². The summed E-state index contributed by atoms with van der Waals surface area (Å²) in [5, 5.41) is 10.1. The second-order valence-electron chi connectivity index (χ2n) is 6.18. The number of aliphatic hydroxyl groups is 1. The van der Waals surface area contributed by atoms with Crippen LogP contribution in [0.4, 0.5) is 0 Å². The molecule has 0 unspecified atom stereocenters. The van der Waals surface area contributed by atoms with E-state index in [2.05, 4.69) is 11.7 Å². The van der Waals surface area contributed by atoms with E-state index < -0.39 is 30.1 Å². The quantitative estimate of drug-likeness (QED) is 0.468. The van der Waals surface area contributed by atoms with Crippen molar-refractivity contribution in [2.45, 2.75) is 78.4 Å². The molecule has 0 aliphatic carbocycles. The predicted octanol–water partition coefficient (Wildman–Crippen LogP) is 3.08. The zero-order chi connectivity index (χ0) is 17.1. The highest BCUT2D eigenvalue weighted by molar-refractivity contribution is 5.80. The molecule has 0 aromatic heterocycles. The minimum atomic E-state index is -0.920. The lowest BCUT2D eigenvalue weighted by atomic mass is 9.98. The van der Waals surface area contributed by atoms with E-state index in [1.165, 1.54) is 20.0 Å². The van der Waals surface area contributed by atoms with E-state index in [4.69, 9.17) is 4.74 Å². The Morgan fingerprint density at radius 2 is 1.59 bits per heavy atom. The molecule has 0 saturated carbocycles. The fourth-order valence-electron chi connectivity index (χ4n) is 2.17. The van der Waals surface area contributed by atoms with Crippen molar-refractivity contribution in [1.82, 2.24) is 0 Å². The van der Waals surface area contributed by atoms with Crippen molar-refractivity contribution < 1.29 is 24.2 Å². The number of hydrogen-bond donors (Lipinski definition) is 1. The van der Waals surface area contributed by atoms with E-state index in [1.54, 1.807) is 20.8 Å². The molecule has 0 spiro atoms. The monoisotopic (exact) mass is 316 g/mol. The number of carbonyl (C=O) groups excluding carboxylic acids is 2. The highest BCUT2D eigenvalue weighted by atomic mass is 16.6. The standard InChI is InChI=1S/C17H32O5/c1-6-7-8-9-10-11-14(18)13(4)16(19)22-15(12(2)3)17(20)21-5/h12-15,18H,6-11H2,1-5H3/t13-,14+,15-/m0/s1. The van der Waals surface area contributed by atoms with Gasteiger partial charge in [-0.05, 0) is 13.3 Å². The number of hydrogen-bond acceptors (Lipinski definition) is 5. The third-order valence-corrected chi connectivity index (χ3v) is 3.83. The van der Waals surface area contributed by atoms with Crippen molar-refractivity contribution in [3.8, 4) is 0 Å². The largest absolute Gasteiger partial charge is 0.466 e. The van der Waals surface area contributed by atoms with Crippen LogP contribution in [0.3, 0.4) is 0 Å². The molecule has 0 aromatic carbocycles. The van der Waals surface area contributed by atoms with Crippen molar-refractivity contribution in [2.24, 2.45) is 11.8 Å². The van der Waals surface area contributed by atoms with E-state index >= 15 is 0 Å².